The first-order valence-electron chi connectivity index (χ1n) is 5.60. The molecule has 1 atom stereocenters. The molecule has 0 spiro atoms. The summed E-state index contributed by atoms with van der Waals surface area (Å²) in [4.78, 5) is 24.6. The summed E-state index contributed by atoms with van der Waals surface area (Å²) in [6.45, 7) is 4.82. The topological polar surface area (TPSA) is 83.6 Å². The third-order valence-corrected chi connectivity index (χ3v) is 3.15. The molecule has 0 aromatic rings. The number of rotatable bonds is 3. The molecule has 5 nitrogen and oxygen atoms in total. The first kappa shape index (κ1) is 13.0. The van der Waals surface area contributed by atoms with Crippen LogP contribution in [0, 0.1) is 11.3 Å². The number of carboxylic acid groups (broad SMARTS) is 1. The van der Waals surface area contributed by atoms with E-state index in [0.29, 0.717) is 19.5 Å². The molecule has 1 fully saturated rings. The van der Waals surface area contributed by atoms with Crippen molar-refractivity contribution in [2.45, 2.75) is 26.7 Å². The Morgan fingerprint density at radius 2 is 2.12 bits per heavy atom. The van der Waals surface area contributed by atoms with Crippen molar-refractivity contribution >= 4 is 11.9 Å². The maximum atomic E-state index is 12.1. The van der Waals surface area contributed by atoms with Crippen LogP contribution in [0.4, 0.5) is 0 Å². The lowest BCUT2D eigenvalue weighted by molar-refractivity contribution is -0.148. The summed E-state index contributed by atoms with van der Waals surface area (Å²) in [6.07, 6.45) is 1.41. The maximum absolute atomic E-state index is 12.1. The van der Waals surface area contributed by atoms with E-state index < -0.39 is 17.3 Å². The van der Waals surface area contributed by atoms with Crippen LogP contribution in [0.3, 0.4) is 0 Å². The van der Waals surface area contributed by atoms with Gasteiger partial charge in [-0.25, -0.2) is 0 Å². The Kier molecular flexibility index (Phi) is 3.91. The zero-order valence-corrected chi connectivity index (χ0v) is 9.90. The van der Waals surface area contributed by atoms with Crippen LogP contribution in [0.15, 0.2) is 0 Å². The number of amides is 1. The monoisotopic (exact) mass is 228 g/mol. The van der Waals surface area contributed by atoms with Gasteiger partial charge >= 0.3 is 5.97 Å². The first-order valence-corrected chi connectivity index (χ1v) is 5.60. The Morgan fingerprint density at radius 3 is 2.62 bits per heavy atom. The molecule has 3 N–H and O–H groups in total. The molecule has 1 saturated heterocycles. The lowest BCUT2D eigenvalue weighted by Gasteiger charge is -2.35. The lowest BCUT2D eigenvalue weighted by Crippen LogP contribution is -2.49. The van der Waals surface area contributed by atoms with Gasteiger partial charge < -0.3 is 15.7 Å². The van der Waals surface area contributed by atoms with Gasteiger partial charge in [-0.05, 0) is 26.7 Å². The van der Waals surface area contributed by atoms with Crippen molar-refractivity contribution < 1.29 is 14.7 Å². The van der Waals surface area contributed by atoms with E-state index in [1.165, 1.54) is 0 Å². The minimum absolute atomic E-state index is 0.0408. The molecule has 1 aliphatic rings. The van der Waals surface area contributed by atoms with Crippen molar-refractivity contribution in [3.63, 3.8) is 0 Å². The lowest BCUT2D eigenvalue weighted by atomic mass is 9.89. The number of hydrogen-bond acceptors (Lipinski definition) is 3. The van der Waals surface area contributed by atoms with Crippen LogP contribution in [-0.4, -0.2) is 41.5 Å². The molecule has 92 valence electrons. The third-order valence-electron chi connectivity index (χ3n) is 3.15. The molecule has 0 aromatic carbocycles. The number of nitrogens with two attached hydrogens (primary N) is 1. The Balaban J connectivity index is 2.67. The van der Waals surface area contributed by atoms with E-state index in [-0.39, 0.29) is 12.5 Å². The van der Waals surface area contributed by atoms with Gasteiger partial charge in [0.1, 0.15) is 0 Å². The third kappa shape index (κ3) is 2.72. The normalized spacial score (nSPS) is 21.9. The summed E-state index contributed by atoms with van der Waals surface area (Å²) in [5, 5.41) is 8.94. The van der Waals surface area contributed by atoms with E-state index >= 15 is 0 Å². The minimum Gasteiger partial charge on any atom is -0.481 e. The van der Waals surface area contributed by atoms with E-state index in [1.54, 1.807) is 18.7 Å². The fourth-order valence-electron chi connectivity index (χ4n) is 1.88. The summed E-state index contributed by atoms with van der Waals surface area (Å²) >= 11 is 0. The number of carboxylic acids is 1. The summed E-state index contributed by atoms with van der Waals surface area (Å²) in [7, 11) is 0. The van der Waals surface area contributed by atoms with Crippen LogP contribution in [-0.2, 0) is 9.59 Å². The van der Waals surface area contributed by atoms with E-state index in [4.69, 9.17) is 10.8 Å². The first-order chi connectivity index (χ1) is 7.38. The van der Waals surface area contributed by atoms with E-state index in [0.717, 1.165) is 6.42 Å². The smallest absolute Gasteiger partial charge is 0.308 e. The predicted octanol–water partition coefficient (Wildman–Crippen LogP) is 0.295. The Hall–Kier alpha value is -1.10. The highest BCUT2D eigenvalue weighted by atomic mass is 16.4. The van der Waals surface area contributed by atoms with Crippen LogP contribution in [0.25, 0.3) is 0 Å². The minimum atomic E-state index is -0.817. The average Bonchev–Trinajstić information content (AvgIpc) is 2.28. The van der Waals surface area contributed by atoms with Crippen molar-refractivity contribution in [3.05, 3.63) is 0 Å². The molecular formula is C11H20N2O3. The van der Waals surface area contributed by atoms with E-state index in [9.17, 15) is 9.59 Å². The fraction of sp³-hybridized carbons (Fsp3) is 0.818. The van der Waals surface area contributed by atoms with Gasteiger partial charge in [0.15, 0.2) is 0 Å². The highest BCUT2D eigenvalue weighted by Crippen LogP contribution is 2.23. The number of carbonyl (C=O) groups excluding carboxylic acids is 1. The van der Waals surface area contributed by atoms with Gasteiger partial charge in [-0.1, -0.05) is 0 Å². The van der Waals surface area contributed by atoms with Gasteiger partial charge in [-0.2, -0.15) is 0 Å². The number of carbonyl (C=O) groups is 2. The van der Waals surface area contributed by atoms with E-state index in [1.807, 2.05) is 0 Å². The standard InChI is InChI=1S/C11H20N2O3/c1-11(2,7-12)10(16)13-5-3-4-8(6-13)9(14)15/h8H,3-7,12H2,1-2H3,(H,14,15)/t8-/m0/s1. The largest absolute Gasteiger partial charge is 0.481 e. The van der Waals surface area contributed by atoms with Gasteiger partial charge in [0.2, 0.25) is 5.91 Å². The van der Waals surface area contributed by atoms with Gasteiger partial charge in [-0.3, -0.25) is 9.59 Å². The molecule has 1 rings (SSSR count). The highest BCUT2D eigenvalue weighted by molar-refractivity contribution is 5.83. The van der Waals surface area contributed by atoms with Crippen molar-refractivity contribution in [2.24, 2.45) is 17.1 Å². The highest BCUT2D eigenvalue weighted by Gasteiger charge is 2.35. The Labute approximate surface area is 95.6 Å². The predicted molar refractivity (Wildman–Crippen MR) is 59.8 cm³/mol. The fourth-order valence-corrected chi connectivity index (χ4v) is 1.88. The number of piperidine rings is 1. The van der Waals surface area contributed by atoms with Gasteiger partial charge in [-0.15, -0.1) is 0 Å². The average molecular weight is 228 g/mol. The summed E-state index contributed by atoms with van der Waals surface area (Å²) in [6, 6.07) is 0. The second-order valence-corrected chi connectivity index (χ2v) is 5.02. The summed E-state index contributed by atoms with van der Waals surface area (Å²) in [5.41, 5.74) is 4.95. The van der Waals surface area contributed by atoms with Crippen molar-refractivity contribution in [2.75, 3.05) is 19.6 Å². The van der Waals surface area contributed by atoms with Crippen LogP contribution in [0.5, 0.6) is 0 Å². The molecule has 5 heteroatoms. The second kappa shape index (κ2) is 4.82. The van der Waals surface area contributed by atoms with Gasteiger partial charge in [0, 0.05) is 19.6 Å². The SMILES string of the molecule is CC(C)(CN)C(=O)N1CCC[C@H](C(=O)O)C1. The Bertz CT molecular complexity index is 289. The number of hydrogen-bond donors (Lipinski definition) is 2. The zero-order valence-electron chi connectivity index (χ0n) is 9.90. The number of nitrogens with zero attached hydrogens (tertiary/aromatic N) is 1. The number of likely N-dealkylation sites (tertiary alicyclic amines) is 1. The van der Waals surface area contributed by atoms with Crippen LogP contribution < -0.4 is 5.73 Å². The molecule has 0 bridgehead atoms. The molecule has 1 heterocycles. The van der Waals surface area contributed by atoms with Gasteiger partial charge in [0.25, 0.3) is 0 Å². The van der Waals surface area contributed by atoms with E-state index in [2.05, 4.69) is 0 Å². The van der Waals surface area contributed by atoms with Crippen molar-refractivity contribution in [1.82, 2.24) is 4.90 Å². The molecule has 0 radical (unpaired) electrons. The molecule has 0 aliphatic carbocycles. The maximum Gasteiger partial charge on any atom is 0.308 e. The molecule has 1 amide bonds. The second-order valence-electron chi connectivity index (χ2n) is 5.02. The van der Waals surface area contributed by atoms with Gasteiger partial charge in [0.05, 0.1) is 11.3 Å². The summed E-state index contributed by atoms with van der Waals surface area (Å²) < 4.78 is 0. The quantitative estimate of drug-likeness (QED) is 0.727. The zero-order chi connectivity index (χ0) is 12.3. The Morgan fingerprint density at radius 1 is 1.50 bits per heavy atom. The molecule has 0 aromatic heterocycles. The molecular weight excluding hydrogens is 208 g/mol. The molecule has 1 aliphatic heterocycles. The van der Waals surface area contributed by atoms with Crippen LogP contribution in [0.1, 0.15) is 26.7 Å². The molecule has 16 heavy (non-hydrogen) atoms. The van der Waals surface area contributed by atoms with Crippen molar-refractivity contribution in [1.29, 1.82) is 0 Å². The molecule has 0 saturated carbocycles. The summed E-state index contributed by atoms with van der Waals surface area (Å²) in [5.74, 6) is -1.28. The van der Waals surface area contributed by atoms with Crippen LogP contribution in [0.2, 0.25) is 0 Å². The number of aliphatic carboxylic acids is 1. The van der Waals surface area contributed by atoms with Crippen LogP contribution >= 0.6 is 0 Å². The molecule has 0 unspecified atom stereocenters. The van der Waals surface area contributed by atoms with Crippen molar-refractivity contribution in [3.8, 4) is 0 Å².